The Labute approximate surface area is 70.0 Å². The van der Waals surface area contributed by atoms with E-state index < -0.39 is 0 Å². The molecule has 0 saturated carbocycles. The summed E-state index contributed by atoms with van der Waals surface area (Å²) in [6, 6.07) is 5.01. The Balaban J connectivity index is 3.34. The summed E-state index contributed by atoms with van der Waals surface area (Å²) in [5.74, 6) is 2.38. The van der Waals surface area contributed by atoms with Crippen LogP contribution >= 0.6 is 11.6 Å². The molecule has 0 amide bonds. The van der Waals surface area contributed by atoms with Crippen LogP contribution in [0.5, 0.6) is 0 Å². The molecule has 0 fully saturated rings. The maximum Gasteiger partial charge on any atom is 0.151 e. The molecule has 0 radical (unpaired) electrons. The molecule has 1 rings (SSSR count). The van der Waals surface area contributed by atoms with E-state index in [-0.39, 0.29) is 0 Å². The molecule has 0 aliphatic carbocycles. The van der Waals surface area contributed by atoms with Gasteiger partial charge in [0, 0.05) is 11.1 Å². The number of terminal acetylenes is 1. The van der Waals surface area contributed by atoms with Gasteiger partial charge in [-0.1, -0.05) is 29.7 Å². The number of rotatable bonds is 1. The monoisotopic (exact) mass is 164 g/mol. The lowest BCUT2D eigenvalue weighted by molar-refractivity contribution is 0.112. The Kier molecular flexibility index (Phi) is 2.30. The molecule has 0 N–H and O–H groups in total. The fourth-order valence-corrected chi connectivity index (χ4v) is 0.977. The van der Waals surface area contributed by atoms with Crippen LogP contribution in [-0.2, 0) is 0 Å². The van der Waals surface area contributed by atoms with E-state index in [1.165, 1.54) is 0 Å². The zero-order valence-electron chi connectivity index (χ0n) is 5.67. The molecular formula is C9H5ClO. The van der Waals surface area contributed by atoms with E-state index in [2.05, 4.69) is 5.92 Å². The third-order valence-electron chi connectivity index (χ3n) is 1.31. The van der Waals surface area contributed by atoms with Gasteiger partial charge >= 0.3 is 0 Å². The minimum absolute atomic E-state index is 0.352. The van der Waals surface area contributed by atoms with Crippen molar-refractivity contribution in [2.45, 2.75) is 0 Å². The summed E-state index contributed by atoms with van der Waals surface area (Å²) >= 11 is 5.74. The molecular weight excluding hydrogens is 160 g/mol. The van der Waals surface area contributed by atoms with Gasteiger partial charge < -0.3 is 0 Å². The van der Waals surface area contributed by atoms with Crippen molar-refractivity contribution in [2.75, 3.05) is 0 Å². The molecule has 0 aliphatic heterocycles. The molecule has 0 aliphatic rings. The van der Waals surface area contributed by atoms with Crippen molar-refractivity contribution in [1.82, 2.24) is 0 Å². The van der Waals surface area contributed by atoms with Crippen LogP contribution in [0.25, 0.3) is 0 Å². The van der Waals surface area contributed by atoms with Gasteiger partial charge in [-0.3, -0.25) is 4.79 Å². The molecule has 1 nitrogen and oxygen atoms in total. The van der Waals surface area contributed by atoms with Crippen LogP contribution < -0.4 is 0 Å². The van der Waals surface area contributed by atoms with E-state index in [1.807, 2.05) is 0 Å². The Morgan fingerprint density at radius 1 is 1.55 bits per heavy atom. The van der Waals surface area contributed by atoms with Crippen LogP contribution in [0.4, 0.5) is 0 Å². The Morgan fingerprint density at radius 2 is 2.27 bits per heavy atom. The predicted molar refractivity (Wildman–Crippen MR) is 44.8 cm³/mol. The van der Waals surface area contributed by atoms with Gasteiger partial charge in [-0.15, -0.1) is 6.42 Å². The van der Waals surface area contributed by atoms with Crippen LogP contribution in [0.2, 0.25) is 5.02 Å². The van der Waals surface area contributed by atoms with E-state index in [9.17, 15) is 4.79 Å². The van der Waals surface area contributed by atoms with E-state index in [4.69, 9.17) is 18.0 Å². The van der Waals surface area contributed by atoms with Gasteiger partial charge in [0.2, 0.25) is 0 Å². The fourth-order valence-electron chi connectivity index (χ4n) is 0.752. The Bertz CT molecular complexity index is 323. The van der Waals surface area contributed by atoms with Crippen molar-refractivity contribution in [3.05, 3.63) is 34.3 Å². The lowest BCUT2D eigenvalue weighted by Gasteiger charge is -1.96. The lowest BCUT2D eigenvalue weighted by Crippen LogP contribution is -1.84. The molecule has 54 valence electrons. The quantitative estimate of drug-likeness (QED) is 0.459. The van der Waals surface area contributed by atoms with E-state index in [0.29, 0.717) is 22.4 Å². The number of halogens is 1. The fraction of sp³-hybridized carbons (Fsp3) is 0. The summed E-state index contributed by atoms with van der Waals surface area (Å²) in [7, 11) is 0. The van der Waals surface area contributed by atoms with Gasteiger partial charge in [-0.2, -0.15) is 0 Å². The number of carbonyl (C=O) groups is 1. The van der Waals surface area contributed by atoms with E-state index in [0.717, 1.165) is 0 Å². The van der Waals surface area contributed by atoms with Crippen LogP contribution in [0.3, 0.4) is 0 Å². The molecule has 0 heterocycles. The highest BCUT2D eigenvalue weighted by Gasteiger charge is 2.01. The molecule has 0 saturated heterocycles. The number of carbonyl (C=O) groups excluding carboxylic acids is 1. The van der Waals surface area contributed by atoms with Crippen molar-refractivity contribution >= 4 is 17.9 Å². The lowest BCUT2D eigenvalue weighted by atomic mass is 10.1. The first-order valence-corrected chi connectivity index (χ1v) is 3.37. The van der Waals surface area contributed by atoms with Crippen LogP contribution in [0.15, 0.2) is 18.2 Å². The predicted octanol–water partition coefficient (Wildman–Crippen LogP) is 2.13. The summed E-state index contributed by atoms with van der Waals surface area (Å²) in [6.07, 6.45) is 5.81. The third-order valence-corrected chi connectivity index (χ3v) is 1.73. The minimum atomic E-state index is 0.352. The van der Waals surface area contributed by atoms with E-state index >= 15 is 0 Å². The van der Waals surface area contributed by atoms with Crippen molar-refractivity contribution in [3.8, 4) is 12.3 Å². The van der Waals surface area contributed by atoms with Gasteiger partial charge in [-0.25, -0.2) is 0 Å². The average Bonchev–Trinajstić information content (AvgIpc) is 2.05. The molecule has 0 unspecified atom stereocenters. The Hall–Kier alpha value is -1.26. The largest absolute Gasteiger partial charge is 0.298 e. The Morgan fingerprint density at radius 3 is 2.82 bits per heavy atom. The summed E-state index contributed by atoms with van der Waals surface area (Å²) in [4.78, 5) is 10.3. The van der Waals surface area contributed by atoms with Crippen LogP contribution in [0.1, 0.15) is 15.9 Å². The molecule has 0 aromatic heterocycles. The topological polar surface area (TPSA) is 17.1 Å². The molecule has 0 atom stereocenters. The second-order valence-electron chi connectivity index (χ2n) is 1.97. The van der Waals surface area contributed by atoms with Crippen LogP contribution in [0, 0.1) is 12.3 Å². The molecule has 1 aromatic rings. The minimum Gasteiger partial charge on any atom is -0.298 e. The summed E-state index contributed by atoms with van der Waals surface area (Å²) in [6.45, 7) is 0. The number of hydrogen-bond donors (Lipinski definition) is 0. The van der Waals surface area contributed by atoms with Gasteiger partial charge in [0.05, 0.1) is 5.02 Å². The highest BCUT2D eigenvalue weighted by atomic mass is 35.5. The number of aldehydes is 1. The van der Waals surface area contributed by atoms with Gasteiger partial charge in [0.15, 0.2) is 6.29 Å². The maximum absolute atomic E-state index is 10.3. The summed E-state index contributed by atoms with van der Waals surface area (Å²) in [5.41, 5.74) is 0.985. The standard InChI is InChI=1S/C9H5ClO/c1-2-7-4-3-5-8(6-11)9(7)10/h1,3-6H. The number of hydrogen-bond acceptors (Lipinski definition) is 1. The molecule has 11 heavy (non-hydrogen) atoms. The first kappa shape index (κ1) is 7.84. The highest BCUT2D eigenvalue weighted by Crippen LogP contribution is 2.18. The summed E-state index contributed by atoms with van der Waals surface area (Å²) < 4.78 is 0. The van der Waals surface area contributed by atoms with Gasteiger partial charge in [0.25, 0.3) is 0 Å². The zero-order valence-corrected chi connectivity index (χ0v) is 6.43. The van der Waals surface area contributed by atoms with Gasteiger partial charge in [-0.05, 0) is 6.07 Å². The van der Waals surface area contributed by atoms with Crippen molar-refractivity contribution in [1.29, 1.82) is 0 Å². The van der Waals surface area contributed by atoms with Crippen molar-refractivity contribution < 1.29 is 4.79 Å². The van der Waals surface area contributed by atoms with E-state index in [1.54, 1.807) is 18.2 Å². The average molecular weight is 165 g/mol. The molecule has 0 spiro atoms. The maximum atomic E-state index is 10.3. The molecule has 1 aromatic carbocycles. The summed E-state index contributed by atoms with van der Waals surface area (Å²) in [5, 5.41) is 0.352. The van der Waals surface area contributed by atoms with Crippen LogP contribution in [-0.4, -0.2) is 6.29 Å². The second-order valence-corrected chi connectivity index (χ2v) is 2.35. The first-order valence-electron chi connectivity index (χ1n) is 3.00. The second kappa shape index (κ2) is 3.23. The zero-order chi connectivity index (χ0) is 8.27. The SMILES string of the molecule is C#Cc1cccc(C=O)c1Cl. The smallest absolute Gasteiger partial charge is 0.151 e. The first-order chi connectivity index (χ1) is 5.29. The molecule has 2 heteroatoms. The highest BCUT2D eigenvalue weighted by molar-refractivity contribution is 6.34. The third kappa shape index (κ3) is 1.42. The van der Waals surface area contributed by atoms with Gasteiger partial charge in [0.1, 0.15) is 0 Å². The van der Waals surface area contributed by atoms with Crippen molar-refractivity contribution in [2.24, 2.45) is 0 Å². The normalized spacial score (nSPS) is 8.73. The number of benzene rings is 1. The molecule has 0 bridgehead atoms. The van der Waals surface area contributed by atoms with Crippen molar-refractivity contribution in [3.63, 3.8) is 0 Å².